The monoisotopic (exact) mass is 316 g/mol. The van der Waals surface area contributed by atoms with Crippen LogP contribution in [0.5, 0.6) is 0 Å². The molecule has 1 unspecified atom stereocenters. The normalized spacial score (nSPS) is 22.8. The summed E-state index contributed by atoms with van der Waals surface area (Å²) in [5.74, 6) is 1.03. The van der Waals surface area contributed by atoms with Gasteiger partial charge in [0.1, 0.15) is 16.4 Å². The summed E-state index contributed by atoms with van der Waals surface area (Å²) in [7, 11) is -3.57. The van der Waals surface area contributed by atoms with Crippen LogP contribution in [0, 0.1) is 6.92 Å². The zero-order valence-electron chi connectivity index (χ0n) is 12.9. The van der Waals surface area contributed by atoms with Gasteiger partial charge in [0.15, 0.2) is 0 Å². The van der Waals surface area contributed by atoms with Gasteiger partial charge in [-0.2, -0.15) is 0 Å². The highest BCUT2D eigenvalue weighted by molar-refractivity contribution is 7.89. The maximum absolute atomic E-state index is 12.4. The van der Waals surface area contributed by atoms with Crippen LogP contribution < -0.4 is 10.0 Å². The van der Waals surface area contributed by atoms with Gasteiger partial charge in [0.2, 0.25) is 10.0 Å². The highest BCUT2D eigenvalue weighted by Gasteiger charge is 2.32. The molecule has 0 aliphatic carbocycles. The van der Waals surface area contributed by atoms with Crippen LogP contribution in [0.2, 0.25) is 0 Å². The van der Waals surface area contributed by atoms with Gasteiger partial charge in [-0.05, 0) is 33.2 Å². The summed E-state index contributed by atoms with van der Waals surface area (Å²) in [6.07, 6.45) is 1.83. The van der Waals surface area contributed by atoms with Gasteiger partial charge in [0.25, 0.3) is 0 Å². The summed E-state index contributed by atoms with van der Waals surface area (Å²) in [4.78, 5) is 0.206. The predicted molar refractivity (Wildman–Crippen MR) is 79.6 cm³/mol. The predicted octanol–water partition coefficient (Wildman–Crippen LogP) is 1.54. The summed E-state index contributed by atoms with van der Waals surface area (Å²) in [6, 6.07) is 1.58. The molecule has 0 amide bonds. The van der Waals surface area contributed by atoms with Gasteiger partial charge >= 0.3 is 0 Å². The first-order valence-electron chi connectivity index (χ1n) is 7.30. The van der Waals surface area contributed by atoms with Crippen LogP contribution in [0.1, 0.15) is 38.2 Å². The molecule has 1 atom stereocenters. The maximum atomic E-state index is 12.4. The Morgan fingerprint density at radius 1 is 1.43 bits per heavy atom. The minimum atomic E-state index is -3.57. The van der Waals surface area contributed by atoms with E-state index in [2.05, 4.69) is 10.0 Å². The summed E-state index contributed by atoms with van der Waals surface area (Å²) >= 11 is 0. The average molecular weight is 316 g/mol. The van der Waals surface area contributed by atoms with Crippen LogP contribution in [0.3, 0.4) is 0 Å². The van der Waals surface area contributed by atoms with Crippen LogP contribution in [0.25, 0.3) is 0 Å². The van der Waals surface area contributed by atoms with Crippen molar-refractivity contribution < 1.29 is 17.6 Å². The second-order valence-corrected chi connectivity index (χ2v) is 7.38. The zero-order valence-corrected chi connectivity index (χ0v) is 13.7. The Labute approximate surface area is 126 Å². The smallest absolute Gasteiger partial charge is 0.244 e. The van der Waals surface area contributed by atoms with Gasteiger partial charge in [-0.25, -0.2) is 13.1 Å². The van der Waals surface area contributed by atoms with E-state index in [4.69, 9.17) is 9.15 Å². The van der Waals surface area contributed by atoms with Gasteiger partial charge in [-0.1, -0.05) is 6.92 Å². The molecule has 1 fully saturated rings. The minimum Gasteiger partial charge on any atom is -0.464 e. The lowest BCUT2D eigenvalue weighted by atomic mass is 10.0. The Morgan fingerprint density at radius 2 is 2.19 bits per heavy atom. The zero-order chi connectivity index (χ0) is 15.5. The number of sulfonamides is 1. The molecule has 0 bridgehead atoms. The number of nitrogens with one attached hydrogen (secondary N) is 2. The summed E-state index contributed by atoms with van der Waals surface area (Å²) in [5, 5.41) is 3.11. The number of ether oxygens (including phenoxy) is 1. The molecule has 1 aliphatic heterocycles. The largest absolute Gasteiger partial charge is 0.464 e. The Kier molecular flexibility index (Phi) is 5.08. The van der Waals surface area contributed by atoms with E-state index in [1.54, 1.807) is 13.0 Å². The Morgan fingerprint density at radius 3 is 2.81 bits per heavy atom. The lowest BCUT2D eigenvalue weighted by Crippen LogP contribution is -2.40. The molecule has 0 aromatic carbocycles. The Bertz CT molecular complexity index is 574. The summed E-state index contributed by atoms with van der Waals surface area (Å²) < 4.78 is 38.5. The maximum Gasteiger partial charge on any atom is 0.244 e. The van der Waals surface area contributed by atoms with E-state index < -0.39 is 15.6 Å². The van der Waals surface area contributed by atoms with Crippen LogP contribution in [0.4, 0.5) is 0 Å². The fraction of sp³-hybridized carbons (Fsp3) is 0.714. The van der Waals surface area contributed by atoms with Crippen molar-refractivity contribution in [3.63, 3.8) is 0 Å². The van der Waals surface area contributed by atoms with Crippen molar-refractivity contribution in [2.75, 3.05) is 19.7 Å². The first kappa shape index (κ1) is 16.5. The van der Waals surface area contributed by atoms with Crippen molar-refractivity contribution >= 4 is 10.0 Å². The molecule has 1 aliphatic rings. The van der Waals surface area contributed by atoms with Crippen molar-refractivity contribution in [1.29, 1.82) is 0 Å². The van der Waals surface area contributed by atoms with Crippen molar-refractivity contribution in [2.24, 2.45) is 0 Å². The number of rotatable bonds is 7. The average Bonchev–Trinajstić information content (AvgIpc) is 3.02. The van der Waals surface area contributed by atoms with E-state index in [1.807, 2.05) is 13.8 Å². The first-order chi connectivity index (χ1) is 9.86. The number of aryl methyl sites for hydroxylation is 1. The fourth-order valence-corrected chi connectivity index (χ4v) is 3.79. The second-order valence-electron chi connectivity index (χ2n) is 5.64. The van der Waals surface area contributed by atoms with Crippen LogP contribution in [-0.4, -0.2) is 33.7 Å². The fourth-order valence-electron chi connectivity index (χ4n) is 2.43. The van der Waals surface area contributed by atoms with Crippen LogP contribution in [0.15, 0.2) is 15.4 Å². The second kappa shape index (κ2) is 6.48. The Hall–Kier alpha value is -0.890. The third-order valence-electron chi connectivity index (χ3n) is 3.70. The molecule has 21 heavy (non-hydrogen) atoms. The van der Waals surface area contributed by atoms with Gasteiger partial charge in [0, 0.05) is 19.2 Å². The topological polar surface area (TPSA) is 80.6 Å². The van der Waals surface area contributed by atoms with E-state index in [0.29, 0.717) is 24.7 Å². The van der Waals surface area contributed by atoms with Crippen LogP contribution in [-0.2, 0) is 21.3 Å². The van der Waals surface area contributed by atoms with Crippen molar-refractivity contribution in [3.8, 4) is 0 Å². The summed E-state index contributed by atoms with van der Waals surface area (Å²) in [5.41, 5.74) is -0.405. The van der Waals surface area contributed by atoms with Crippen molar-refractivity contribution in [1.82, 2.24) is 10.0 Å². The lowest BCUT2D eigenvalue weighted by Gasteiger charge is -2.23. The van der Waals surface area contributed by atoms with E-state index >= 15 is 0 Å². The molecule has 0 saturated carbocycles. The van der Waals surface area contributed by atoms with Gasteiger partial charge < -0.3 is 14.5 Å². The van der Waals surface area contributed by atoms with Crippen molar-refractivity contribution in [2.45, 2.75) is 50.7 Å². The van der Waals surface area contributed by atoms with Gasteiger partial charge in [0.05, 0.1) is 12.1 Å². The first-order valence-corrected chi connectivity index (χ1v) is 8.78. The third kappa shape index (κ3) is 4.06. The van der Waals surface area contributed by atoms with E-state index in [9.17, 15) is 8.42 Å². The van der Waals surface area contributed by atoms with Gasteiger partial charge in [-0.15, -0.1) is 0 Å². The molecule has 6 nitrogen and oxygen atoms in total. The molecule has 0 radical (unpaired) electrons. The van der Waals surface area contributed by atoms with E-state index in [0.717, 1.165) is 19.4 Å². The highest BCUT2D eigenvalue weighted by Crippen LogP contribution is 2.25. The molecule has 2 N–H and O–H groups in total. The molecule has 120 valence electrons. The number of furan rings is 1. The number of hydrogen-bond donors (Lipinski definition) is 2. The highest BCUT2D eigenvalue weighted by atomic mass is 32.2. The summed E-state index contributed by atoms with van der Waals surface area (Å²) in [6.45, 7) is 7.87. The lowest BCUT2D eigenvalue weighted by molar-refractivity contribution is 0.0250. The minimum absolute atomic E-state index is 0.206. The molecule has 2 rings (SSSR count). The quantitative estimate of drug-likeness (QED) is 0.797. The number of hydrogen-bond acceptors (Lipinski definition) is 5. The molecular formula is C14H24N2O4S. The molecular weight excluding hydrogens is 292 g/mol. The molecule has 0 spiro atoms. The molecule has 1 aromatic rings. The SMILES string of the molecule is CCNCc1cc(S(=O)(=O)NCC2(C)CCCO2)c(C)o1. The third-order valence-corrected chi connectivity index (χ3v) is 5.21. The molecule has 2 heterocycles. The van der Waals surface area contributed by atoms with Crippen molar-refractivity contribution in [3.05, 3.63) is 17.6 Å². The Balaban J connectivity index is 2.06. The van der Waals surface area contributed by atoms with E-state index in [-0.39, 0.29) is 11.4 Å². The van der Waals surface area contributed by atoms with E-state index in [1.165, 1.54) is 0 Å². The molecule has 1 saturated heterocycles. The van der Waals surface area contributed by atoms with Gasteiger partial charge in [-0.3, -0.25) is 0 Å². The standard InChI is InChI=1S/C14H24N2O4S/c1-4-15-9-12-8-13(11(2)20-12)21(17,18)16-10-14(3)6-5-7-19-14/h8,15-16H,4-7,9-10H2,1-3H3. The molecule has 7 heteroatoms. The van der Waals surface area contributed by atoms with Crippen LogP contribution >= 0.6 is 0 Å². The molecule has 1 aromatic heterocycles.